The fourth-order valence-corrected chi connectivity index (χ4v) is 4.86. The topological polar surface area (TPSA) is 89.3 Å². The average Bonchev–Trinajstić information content (AvgIpc) is 3.29. The maximum absolute atomic E-state index is 13.1. The van der Waals surface area contributed by atoms with Gasteiger partial charge in [-0.2, -0.15) is 0 Å². The Bertz CT molecular complexity index is 1120. The number of nitrogens with one attached hydrogen (secondary N) is 1. The van der Waals surface area contributed by atoms with Crippen LogP contribution in [0.3, 0.4) is 0 Å². The number of sulfone groups is 1. The molecule has 1 fully saturated rings. The molecule has 0 radical (unpaired) electrons. The summed E-state index contributed by atoms with van der Waals surface area (Å²) in [5.41, 5.74) is 1.51. The van der Waals surface area contributed by atoms with E-state index in [-0.39, 0.29) is 29.1 Å². The molecule has 0 spiro atoms. The van der Waals surface area contributed by atoms with Gasteiger partial charge in [0, 0.05) is 17.2 Å². The number of nitrogens with zero attached hydrogens (tertiary/aromatic N) is 1. The third-order valence-electron chi connectivity index (χ3n) is 4.60. The Labute approximate surface area is 161 Å². The largest absolute Gasteiger partial charge is 0.436 e. The molecule has 1 aromatic heterocycles. The zero-order valence-electron chi connectivity index (χ0n) is 14.8. The van der Waals surface area contributed by atoms with E-state index in [1.807, 2.05) is 0 Å². The van der Waals surface area contributed by atoms with E-state index in [9.17, 15) is 17.6 Å². The first-order valence-electron chi connectivity index (χ1n) is 8.74. The third-order valence-corrected chi connectivity index (χ3v) is 6.37. The van der Waals surface area contributed by atoms with Gasteiger partial charge in [-0.05, 0) is 42.8 Å². The van der Waals surface area contributed by atoms with Crippen LogP contribution in [-0.2, 0) is 9.84 Å². The summed E-state index contributed by atoms with van der Waals surface area (Å²) in [5, 5.41) is 2.78. The Hall–Kier alpha value is -3.00. The van der Waals surface area contributed by atoms with Crippen LogP contribution in [-0.4, -0.2) is 36.9 Å². The van der Waals surface area contributed by atoms with E-state index in [1.54, 1.807) is 36.4 Å². The van der Waals surface area contributed by atoms with Crippen LogP contribution in [0.15, 0.2) is 59.1 Å². The molecule has 1 atom stereocenters. The molecule has 28 heavy (non-hydrogen) atoms. The Morgan fingerprint density at radius 1 is 1.14 bits per heavy atom. The van der Waals surface area contributed by atoms with E-state index in [0.717, 1.165) is 0 Å². The predicted molar refractivity (Wildman–Crippen MR) is 102 cm³/mol. The maximum Gasteiger partial charge on any atom is 0.252 e. The van der Waals surface area contributed by atoms with Crippen molar-refractivity contribution >= 4 is 15.7 Å². The van der Waals surface area contributed by atoms with Crippen LogP contribution >= 0.6 is 0 Å². The molecule has 1 N–H and O–H groups in total. The van der Waals surface area contributed by atoms with E-state index in [2.05, 4.69) is 10.3 Å². The van der Waals surface area contributed by atoms with Gasteiger partial charge in [0.25, 0.3) is 5.91 Å². The highest BCUT2D eigenvalue weighted by Gasteiger charge is 2.29. The Morgan fingerprint density at radius 2 is 1.89 bits per heavy atom. The Kier molecular flexibility index (Phi) is 4.72. The smallest absolute Gasteiger partial charge is 0.252 e. The number of carbonyl (C=O) groups excluding carboxylic acids is 1. The molecule has 6 nitrogen and oxygen atoms in total. The summed E-state index contributed by atoms with van der Waals surface area (Å²) in [6, 6.07) is 12.2. The van der Waals surface area contributed by atoms with Gasteiger partial charge in [0.15, 0.2) is 15.6 Å². The lowest BCUT2D eigenvalue weighted by atomic mass is 10.1. The molecule has 0 saturated carbocycles. The number of oxazole rings is 1. The van der Waals surface area contributed by atoms with Gasteiger partial charge >= 0.3 is 0 Å². The molecule has 0 aliphatic carbocycles. The number of rotatable bonds is 4. The molecule has 1 amide bonds. The number of carbonyl (C=O) groups is 1. The second-order valence-corrected chi connectivity index (χ2v) is 8.88. The SMILES string of the molecule is O=C(NC1CCS(=O)(=O)C1)c1ccccc1-c1ncc(-c2ccc(F)cc2)o1. The van der Waals surface area contributed by atoms with Gasteiger partial charge in [0.05, 0.1) is 23.3 Å². The lowest BCUT2D eigenvalue weighted by Crippen LogP contribution is -2.35. The molecule has 4 rings (SSSR count). The van der Waals surface area contributed by atoms with Crippen molar-refractivity contribution in [2.45, 2.75) is 12.5 Å². The molecular weight excluding hydrogens is 383 g/mol. The molecule has 0 bridgehead atoms. The minimum absolute atomic E-state index is 0.0470. The van der Waals surface area contributed by atoms with Crippen LogP contribution in [0.5, 0.6) is 0 Å². The molecule has 8 heteroatoms. The minimum Gasteiger partial charge on any atom is -0.436 e. The Balaban J connectivity index is 1.60. The summed E-state index contributed by atoms with van der Waals surface area (Å²) in [6.45, 7) is 0. The van der Waals surface area contributed by atoms with Crippen molar-refractivity contribution in [1.82, 2.24) is 10.3 Å². The summed E-state index contributed by atoms with van der Waals surface area (Å²) in [4.78, 5) is 16.9. The number of hydrogen-bond donors (Lipinski definition) is 1. The maximum atomic E-state index is 13.1. The van der Waals surface area contributed by atoms with Crippen LogP contribution in [0.1, 0.15) is 16.8 Å². The number of aromatic nitrogens is 1. The highest BCUT2D eigenvalue weighted by molar-refractivity contribution is 7.91. The van der Waals surface area contributed by atoms with Crippen molar-refractivity contribution in [2.75, 3.05) is 11.5 Å². The third kappa shape index (κ3) is 3.82. The van der Waals surface area contributed by atoms with Crippen molar-refractivity contribution in [3.05, 3.63) is 66.1 Å². The monoisotopic (exact) mass is 400 g/mol. The van der Waals surface area contributed by atoms with Crippen LogP contribution < -0.4 is 5.32 Å². The van der Waals surface area contributed by atoms with Crippen molar-refractivity contribution in [1.29, 1.82) is 0 Å². The van der Waals surface area contributed by atoms with Crippen molar-refractivity contribution < 1.29 is 22.0 Å². The van der Waals surface area contributed by atoms with Crippen molar-refractivity contribution in [2.24, 2.45) is 0 Å². The van der Waals surface area contributed by atoms with Gasteiger partial charge in [0.2, 0.25) is 5.89 Å². The second kappa shape index (κ2) is 7.20. The standard InChI is InChI=1S/C20H17FN2O4S/c21-14-7-5-13(6-8-14)18-11-22-20(27-18)17-4-2-1-3-16(17)19(24)23-15-9-10-28(25,26)12-15/h1-8,11,15H,9-10,12H2,(H,23,24). The summed E-state index contributed by atoms with van der Waals surface area (Å²) < 4.78 is 42.1. The molecule has 3 aromatic rings. The molecule has 1 saturated heterocycles. The van der Waals surface area contributed by atoms with E-state index >= 15 is 0 Å². The predicted octanol–water partition coefficient (Wildman–Crippen LogP) is 3.06. The number of hydrogen-bond acceptors (Lipinski definition) is 5. The first kappa shape index (κ1) is 18.4. The van der Waals surface area contributed by atoms with Gasteiger partial charge in [-0.15, -0.1) is 0 Å². The molecular formula is C20H17FN2O4S. The van der Waals surface area contributed by atoms with Crippen LogP contribution in [0, 0.1) is 5.82 Å². The summed E-state index contributed by atoms with van der Waals surface area (Å²) in [5.74, 6) is 0.0181. The lowest BCUT2D eigenvalue weighted by molar-refractivity contribution is 0.0941. The first-order valence-corrected chi connectivity index (χ1v) is 10.6. The summed E-state index contributed by atoms with van der Waals surface area (Å²) in [6.07, 6.45) is 1.92. The fraction of sp³-hybridized carbons (Fsp3) is 0.200. The Morgan fingerprint density at radius 3 is 2.61 bits per heavy atom. The van der Waals surface area contributed by atoms with Crippen LogP contribution in [0.4, 0.5) is 4.39 Å². The van der Waals surface area contributed by atoms with Gasteiger partial charge in [-0.25, -0.2) is 17.8 Å². The van der Waals surface area contributed by atoms with Crippen LogP contribution in [0.25, 0.3) is 22.8 Å². The highest BCUT2D eigenvalue weighted by Crippen LogP contribution is 2.28. The summed E-state index contributed by atoms with van der Waals surface area (Å²) >= 11 is 0. The molecule has 144 valence electrons. The zero-order chi connectivity index (χ0) is 19.7. The quantitative estimate of drug-likeness (QED) is 0.727. The fourth-order valence-electron chi connectivity index (χ4n) is 3.19. The average molecular weight is 400 g/mol. The minimum atomic E-state index is -3.09. The van der Waals surface area contributed by atoms with E-state index in [4.69, 9.17) is 4.42 Å². The number of benzene rings is 2. The first-order chi connectivity index (χ1) is 13.4. The van der Waals surface area contributed by atoms with Gasteiger partial charge in [0.1, 0.15) is 5.82 Å². The molecule has 1 aliphatic rings. The van der Waals surface area contributed by atoms with Crippen molar-refractivity contribution in [3.63, 3.8) is 0 Å². The van der Waals surface area contributed by atoms with Crippen molar-refractivity contribution in [3.8, 4) is 22.8 Å². The number of halogens is 1. The van der Waals surface area contributed by atoms with Gasteiger partial charge in [-0.1, -0.05) is 12.1 Å². The molecule has 1 unspecified atom stereocenters. The molecule has 2 aromatic carbocycles. The summed E-state index contributed by atoms with van der Waals surface area (Å²) in [7, 11) is -3.09. The molecule has 1 aliphatic heterocycles. The highest BCUT2D eigenvalue weighted by atomic mass is 32.2. The zero-order valence-corrected chi connectivity index (χ0v) is 15.6. The lowest BCUT2D eigenvalue weighted by Gasteiger charge is -2.12. The van der Waals surface area contributed by atoms with E-state index in [0.29, 0.717) is 28.9 Å². The van der Waals surface area contributed by atoms with E-state index in [1.165, 1.54) is 18.3 Å². The van der Waals surface area contributed by atoms with Gasteiger partial charge in [-0.3, -0.25) is 4.79 Å². The van der Waals surface area contributed by atoms with Crippen LogP contribution in [0.2, 0.25) is 0 Å². The normalized spacial score (nSPS) is 18.1. The second-order valence-electron chi connectivity index (χ2n) is 6.66. The van der Waals surface area contributed by atoms with Gasteiger partial charge < -0.3 is 9.73 Å². The number of amides is 1. The molecule has 2 heterocycles. The van der Waals surface area contributed by atoms with E-state index < -0.39 is 15.9 Å².